The van der Waals surface area contributed by atoms with Gasteiger partial charge in [0.05, 0.1) is 11.6 Å². The highest BCUT2D eigenvalue weighted by molar-refractivity contribution is 6.32. The number of carbonyl (C=O) groups excluding carboxylic acids is 2. The largest absolute Gasteiger partial charge is 0.492 e. The van der Waals surface area contributed by atoms with E-state index in [1.165, 1.54) is 56.3 Å². The number of carbonyl (C=O) groups is 2. The van der Waals surface area contributed by atoms with Crippen molar-refractivity contribution < 1.29 is 18.9 Å². The number of rotatable bonds is 18. The van der Waals surface area contributed by atoms with E-state index in [2.05, 4.69) is 18.4 Å². The van der Waals surface area contributed by atoms with Crippen molar-refractivity contribution in [1.82, 2.24) is 4.90 Å². The Kier molecular flexibility index (Phi) is 14.4. The number of hydrogen-bond donors (Lipinski definition) is 0. The SMILES string of the molecule is CCCCCCCCCCCCOc1ccc(C(=O)N(Cc2cccc[n+]2CCC)C(=O)c2ccccc2)cc1Cl. The molecule has 0 spiro atoms. The second-order valence-electron chi connectivity index (χ2n) is 10.6. The van der Waals surface area contributed by atoms with Crippen molar-refractivity contribution in [3.63, 3.8) is 0 Å². The van der Waals surface area contributed by atoms with Gasteiger partial charge in [0.25, 0.3) is 11.8 Å². The van der Waals surface area contributed by atoms with Crippen LogP contribution in [0, 0.1) is 0 Å². The van der Waals surface area contributed by atoms with Crippen molar-refractivity contribution in [2.75, 3.05) is 6.61 Å². The third kappa shape index (κ3) is 10.6. The molecule has 0 aliphatic rings. The Hall–Kier alpha value is -3.18. The third-order valence-electron chi connectivity index (χ3n) is 7.26. The summed E-state index contributed by atoms with van der Waals surface area (Å²) >= 11 is 6.55. The van der Waals surface area contributed by atoms with E-state index in [1.807, 2.05) is 30.5 Å². The predicted molar refractivity (Wildman–Crippen MR) is 166 cm³/mol. The molecule has 3 aromatic rings. The summed E-state index contributed by atoms with van der Waals surface area (Å²) in [6.07, 6.45) is 15.6. The minimum atomic E-state index is -0.395. The molecule has 6 heteroatoms. The van der Waals surface area contributed by atoms with Crippen molar-refractivity contribution in [2.45, 2.75) is 97.6 Å². The Morgan fingerprint density at radius 1 is 0.732 bits per heavy atom. The maximum absolute atomic E-state index is 13.8. The van der Waals surface area contributed by atoms with Crippen molar-refractivity contribution in [3.05, 3.63) is 94.8 Å². The van der Waals surface area contributed by atoms with E-state index < -0.39 is 5.91 Å². The molecule has 220 valence electrons. The van der Waals surface area contributed by atoms with Gasteiger partial charge in [0, 0.05) is 29.7 Å². The molecule has 1 heterocycles. The van der Waals surface area contributed by atoms with Crippen LogP contribution in [0.3, 0.4) is 0 Å². The minimum Gasteiger partial charge on any atom is -0.492 e. The molecule has 0 saturated carbocycles. The summed E-state index contributed by atoms with van der Waals surface area (Å²) in [7, 11) is 0. The molecular weight excluding hydrogens is 532 g/mol. The van der Waals surface area contributed by atoms with E-state index in [0.29, 0.717) is 28.5 Å². The first-order valence-corrected chi connectivity index (χ1v) is 15.7. The first-order valence-electron chi connectivity index (χ1n) is 15.4. The summed E-state index contributed by atoms with van der Waals surface area (Å²) in [6, 6.07) is 19.8. The summed E-state index contributed by atoms with van der Waals surface area (Å²) < 4.78 is 8.01. The lowest BCUT2D eigenvalue weighted by Gasteiger charge is -2.21. The molecule has 2 aromatic carbocycles. The van der Waals surface area contributed by atoms with E-state index in [4.69, 9.17) is 16.3 Å². The molecule has 5 nitrogen and oxygen atoms in total. The number of pyridine rings is 1. The molecule has 0 saturated heterocycles. The molecule has 0 unspecified atom stereocenters. The van der Waals surface area contributed by atoms with Crippen molar-refractivity contribution in [3.8, 4) is 5.75 Å². The zero-order chi connectivity index (χ0) is 29.3. The lowest BCUT2D eigenvalue weighted by atomic mass is 10.1. The van der Waals surface area contributed by atoms with Gasteiger partial charge in [-0.15, -0.1) is 0 Å². The second-order valence-corrected chi connectivity index (χ2v) is 11.0. The lowest BCUT2D eigenvalue weighted by molar-refractivity contribution is -0.704. The van der Waals surface area contributed by atoms with Crippen molar-refractivity contribution in [2.24, 2.45) is 0 Å². The van der Waals surface area contributed by atoms with Crippen LogP contribution in [0.1, 0.15) is 111 Å². The average Bonchev–Trinajstić information content (AvgIpc) is 3.00. The molecule has 2 amide bonds. The van der Waals surface area contributed by atoms with Gasteiger partial charge in [0.2, 0.25) is 5.69 Å². The van der Waals surface area contributed by atoms with Crippen molar-refractivity contribution >= 4 is 23.4 Å². The number of unbranched alkanes of at least 4 members (excludes halogenated alkanes) is 9. The molecule has 0 fully saturated rings. The smallest absolute Gasteiger partial charge is 0.261 e. The van der Waals surface area contributed by atoms with Crippen molar-refractivity contribution in [1.29, 1.82) is 0 Å². The van der Waals surface area contributed by atoms with Gasteiger partial charge in [-0.25, -0.2) is 4.57 Å². The first-order chi connectivity index (χ1) is 20.0. The zero-order valence-corrected chi connectivity index (χ0v) is 25.6. The van der Waals surface area contributed by atoms with Crippen LogP contribution in [-0.2, 0) is 13.1 Å². The number of aryl methyl sites for hydroxylation is 1. The Balaban J connectivity index is 1.61. The van der Waals surface area contributed by atoms with E-state index in [0.717, 1.165) is 31.5 Å². The van der Waals surface area contributed by atoms with Gasteiger partial charge in [0.1, 0.15) is 18.8 Å². The van der Waals surface area contributed by atoms with Gasteiger partial charge in [-0.1, -0.05) is 108 Å². The van der Waals surface area contributed by atoms with Crippen LogP contribution < -0.4 is 9.30 Å². The number of ether oxygens (including phenoxy) is 1. The lowest BCUT2D eigenvalue weighted by Crippen LogP contribution is -2.44. The normalized spacial score (nSPS) is 10.9. The van der Waals surface area contributed by atoms with Gasteiger partial charge in [-0.3, -0.25) is 14.5 Å². The fourth-order valence-electron chi connectivity index (χ4n) is 4.93. The summed E-state index contributed by atoms with van der Waals surface area (Å²) in [6.45, 7) is 5.90. The minimum absolute atomic E-state index is 0.155. The number of hydrogen-bond acceptors (Lipinski definition) is 3. The number of aromatic nitrogens is 1. The fourth-order valence-corrected chi connectivity index (χ4v) is 5.16. The van der Waals surface area contributed by atoms with Crippen LogP contribution >= 0.6 is 11.6 Å². The standard InChI is InChI=1S/C35H46ClN2O3/c1-3-5-6-7-8-9-10-11-12-18-26-41-33-23-22-30(27-32(33)36)35(40)38(34(39)29-19-14-13-15-20-29)28-31-21-16-17-25-37(31)24-4-2/h13-17,19-23,25,27H,3-12,18,24,26,28H2,1-2H3/q+1. The zero-order valence-electron chi connectivity index (χ0n) is 24.8. The van der Waals surface area contributed by atoms with Crippen LogP contribution in [0.2, 0.25) is 5.02 Å². The molecule has 3 rings (SSSR count). The summed E-state index contributed by atoms with van der Waals surface area (Å²) in [5.41, 5.74) is 1.69. The summed E-state index contributed by atoms with van der Waals surface area (Å²) in [5.74, 6) is -0.183. The molecule has 0 aliphatic carbocycles. The Bertz CT molecular complexity index is 1220. The second kappa shape index (κ2) is 18.3. The molecular formula is C35H46ClN2O3+. The number of amides is 2. The molecule has 0 radical (unpaired) electrons. The van der Waals surface area contributed by atoms with Gasteiger partial charge >= 0.3 is 0 Å². The van der Waals surface area contributed by atoms with E-state index in [9.17, 15) is 9.59 Å². The van der Waals surface area contributed by atoms with Gasteiger partial charge in [-0.05, 0) is 36.8 Å². The number of benzene rings is 2. The first kappa shape index (κ1) is 32.3. The third-order valence-corrected chi connectivity index (χ3v) is 7.56. The topological polar surface area (TPSA) is 50.5 Å². The van der Waals surface area contributed by atoms with Gasteiger partial charge < -0.3 is 4.74 Å². The molecule has 1 aromatic heterocycles. The predicted octanol–water partition coefficient (Wildman–Crippen LogP) is 8.82. The van der Waals surface area contributed by atoms with Gasteiger partial charge in [-0.2, -0.15) is 0 Å². The highest BCUT2D eigenvalue weighted by atomic mass is 35.5. The number of imide groups is 1. The van der Waals surface area contributed by atoms with Crippen LogP contribution in [-0.4, -0.2) is 23.3 Å². The highest BCUT2D eigenvalue weighted by Crippen LogP contribution is 2.27. The number of halogens is 1. The van der Waals surface area contributed by atoms with Crippen LogP contribution in [0.25, 0.3) is 0 Å². The summed E-state index contributed by atoms with van der Waals surface area (Å²) in [5, 5.41) is 0.371. The molecule has 0 bridgehead atoms. The van der Waals surface area contributed by atoms with Crippen LogP contribution in [0.5, 0.6) is 5.75 Å². The average molecular weight is 578 g/mol. The monoisotopic (exact) mass is 577 g/mol. The quantitative estimate of drug-likeness (QED) is 0.0862. The number of nitrogens with zero attached hydrogens (tertiary/aromatic N) is 2. The van der Waals surface area contributed by atoms with E-state index in [-0.39, 0.29) is 12.5 Å². The van der Waals surface area contributed by atoms with Crippen LogP contribution in [0.4, 0.5) is 0 Å². The maximum Gasteiger partial charge on any atom is 0.261 e. The summed E-state index contributed by atoms with van der Waals surface area (Å²) in [4.78, 5) is 28.6. The molecule has 0 N–H and O–H groups in total. The Morgan fingerprint density at radius 3 is 2.02 bits per heavy atom. The molecule has 0 aliphatic heterocycles. The molecule has 41 heavy (non-hydrogen) atoms. The Labute approximate surface area is 251 Å². The maximum atomic E-state index is 13.8. The van der Waals surface area contributed by atoms with E-state index >= 15 is 0 Å². The Morgan fingerprint density at radius 2 is 1.37 bits per heavy atom. The molecule has 0 atom stereocenters. The van der Waals surface area contributed by atoms with Gasteiger partial charge in [0.15, 0.2) is 6.20 Å². The highest BCUT2D eigenvalue weighted by Gasteiger charge is 2.28. The fraction of sp³-hybridized carbons (Fsp3) is 0.457. The van der Waals surface area contributed by atoms with Crippen LogP contribution in [0.15, 0.2) is 72.9 Å². The van der Waals surface area contributed by atoms with E-state index in [1.54, 1.807) is 42.5 Å².